The highest BCUT2D eigenvalue weighted by Crippen LogP contribution is 2.43. The van der Waals surface area contributed by atoms with E-state index in [4.69, 9.17) is 14.9 Å². The van der Waals surface area contributed by atoms with Crippen LogP contribution in [0.2, 0.25) is 0 Å². The number of carboxylic acid groups (broad SMARTS) is 2. The summed E-state index contributed by atoms with van der Waals surface area (Å²) in [5.74, 6) is -2.94. The van der Waals surface area contributed by atoms with Crippen molar-refractivity contribution in [3.8, 4) is 0 Å². The van der Waals surface area contributed by atoms with Gasteiger partial charge in [-0.1, -0.05) is 11.3 Å². The number of nitrogens with one attached hydrogen (secondary N) is 2. The average Bonchev–Trinajstić information content (AvgIpc) is 3.43. The third-order valence-corrected chi connectivity index (χ3v) is 5.99. The fourth-order valence-corrected chi connectivity index (χ4v) is 4.10. The molecule has 2 fully saturated rings. The molecule has 4 rings (SSSR count). The van der Waals surface area contributed by atoms with Gasteiger partial charge in [0.05, 0.1) is 0 Å². The van der Waals surface area contributed by atoms with Gasteiger partial charge in [0.15, 0.2) is 0 Å². The number of hydrogen-bond acceptors (Lipinski definition) is 8. The van der Waals surface area contributed by atoms with Crippen LogP contribution in [-0.2, 0) is 14.3 Å². The minimum atomic E-state index is -1.26. The van der Waals surface area contributed by atoms with E-state index in [1.165, 1.54) is 23.5 Å². The van der Waals surface area contributed by atoms with Crippen LogP contribution in [0.1, 0.15) is 46.1 Å². The van der Waals surface area contributed by atoms with E-state index >= 15 is 0 Å². The molecule has 0 bridgehead atoms. The molecule has 1 saturated heterocycles. The summed E-state index contributed by atoms with van der Waals surface area (Å²) in [5, 5.41) is 30.9. The Morgan fingerprint density at radius 1 is 1.15 bits per heavy atom. The molecule has 1 aliphatic carbocycles. The Hall–Kier alpha value is -3.22. The van der Waals surface area contributed by atoms with Gasteiger partial charge in [0, 0.05) is 48.9 Å². The van der Waals surface area contributed by atoms with Crippen LogP contribution >= 0.6 is 11.3 Å². The highest BCUT2D eigenvalue weighted by molar-refractivity contribution is 7.15. The number of carboxylic acids is 2. The first-order chi connectivity index (χ1) is 16.2. The lowest BCUT2D eigenvalue weighted by Crippen LogP contribution is -2.36. The molecule has 2 aromatic rings. The Morgan fingerprint density at radius 2 is 1.82 bits per heavy atom. The highest BCUT2D eigenvalue weighted by atomic mass is 32.1. The summed E-state index contributed by atoms with van der Waals surface area (Å²) in [6, 6.07) is 5.25. The third-order valence-electron chi connectivity index (χ3n) is 5.23. The van der Waals surface area contributed by atoms with Crippen molar-refractivity contribution < 1.29 is 33.7 Å². The molecule has 1 saturated carbocycles. The molecule has 12 heteroatoms. The zero-order chi connectivity index (χ0) is 24.7. The molecule has 1 aliphatic heterocycles. The van der Waals surface area contributed by atoms with E-state index in [1.807, 2.05) is 6.92 Å². The molecule has 4 N–H and O–H groups in total. The van der Waals surface area contributed by atoms with E-state index in [1.54, 1.807) is 6.07 Å². The van der Waals surface area contributed by atoms with Crippen molar-refractivity contribution in [2.24, 2.45) is 0 Å². The normalized spacial score (nSPS) is 19.8. The second-order valence-corrected chi connectivity index (χ2v) is 9.01. The van der Waals surface area contributed by atoms with E-state index in [0.29, 0.717) is 34.5 Å². The summed E-state index contributed by atoms with van der Waals surface area (Å²) in [6.07, 6.45) is 4.00. The smallest absolute Gasteiger partial charge is 0.328 e. The van der Waals surface area contributed by atoms with Crippen LogP contribution in [0, 0.1) is 12.7 Å². The number of benzene rings is 1. The van der Waals surface area contributed by atoms with Gasteiger partial charge in [-0.3, -0.25) is 10.1 Å². The summed E-state index contributed by atoms with van der Waals surface area (Å²) in [5.41, 5.74) is 1.04. The third kappa shape index (κ3) is 7.68. The molecule has 0 unspecified atom stereocenters. The molecule has 182 valence electrons. The minimum absolute atomic E-state index is 0.120. The van der Waals surface area contributed by atoms with Crippen molar-refractivity contribution in [3.05, 3.63) is 52.3 Å². The number of anilines is 1. The number of nitrogens with zero attached hydrogens (tertiary/aromatic N) is 2. The molecular weight excluding hydrogens is 467 g/mol. The van der Waals surface area contributed by atoms with Crippen molar-refractivity contribution in [2.45, 2.75) is 44.2 Å². The fourth-order valence-electron chi connectivity index (χ4n) is 3.52. The standard InChI is InChI=1S/C18H21FN4O2S.C4H4O4/c1-10-22-23-18(26-10)21-17(24)11-2-3-15(19)13(8-11)14-9-16(14)20-12-4-6-25-7-5-12;5-3(6)1-2-4(7)8/h2-3,8,12,14,16,20H,4-7,9H2,1H3,(H,21,23,24);1-2H,(H,5,6)(H,7,8)/t14-,16+;/m0./s1. The van der Waals surface area contributed by atoms with Gasteiger partial charge in [0.25, 0.3) is 5.91 Å². The van der Waals surface area contributed by atoms with Gasteiger partial charge in [0.1, 0.15) is 10.8 Å². The van der Waals surface area contributed by atoms with Crippen molar-refractivity contribution in [3.63, 3.8) is 0 Å². The van der Waals surface area contributed by atoms with Gasteiger partial charge in [-0.25, -0.2) is 14.0 Å². The number of ether oxygens (including phenoxy) is 1. The average molecular weight is 493 g/mol. The Labute approximate surface area is 198 Å². The monoisotopic (exact) mass is 492 g/mol. The maximum Gasteiger partial charge on any atom is 0.328 e. The Kier molecular flexibility index (Phi) is 8.79. The first-order valence-electron chi connectivity index (χ1n) is 10.6. The quantitative estimate of drug-likeness (QED) is 0.428. The van der Waals surface area contributed by atoms with Crippen molar-refractivity contribution in [1.82, 2.24) is 15.5 Å². The second-order valence-electron chi connectivity index (χ2n) is 7.83. The van der Waals surface area contributed by atoms with Gasteiger partial charge in [-0.2, -0.15) is 0 Å². The SMILES string of the molecule is Cc1nnc(NC(=O)c2ccc(F)c([C@@H]3C[C@H]3NC3CCOCC3)c2)s1.O=C(O)C=CC(=O)O. The van der Waals surface area contributed by atoms with Crippen molar-refractivity contribution >= 4 is 34.3 Å². The lowest BCUT2D eigenvalue weighted by atomic mass is 10.0. The van der Waals surface area contributed by atoms with Crippen molar-refractivity contribution in [1.29, 1.82) is 0 Å². The predicted molar refractivity (Wildman–Crippen MR) is 122 cm³/mol. The molecule has 0 radical (unpaired) electrons. The number of carbonyl (C=O) groups excluding carboxylic acids is 1. The summed E-state index contributed by atoms with van der Waals surface area (Å²) >= 11 is 1.31. The molecule has 2 atom stereocenters. The Morgan fingerprint density at radius 3 is 2.41 bits per heavy atom. The number of amides is 1. The van der Waals surface area contributed by atoms with Crippen LogP contribution in [0.5, 0.6) is 0 Å². The summed E-state index contributed by atoms with van der Waals surface area (Å²) in [7, 11) is 0. The zero-order valence-electron chi connectivity index (χ0n) is 18.4. The molecular formula is C22H25FN4O6S. The number of hydrogen-bond donors (Lipinski definition) is 4. The maximum atomic E-state index is 14.3. The fraction of sp³-hybridized carbons (Fsp3) is 0.409. The van der Waals surface area contributed by atoms with Gasteiger partial charge in [0.2, 0.25) is 5.13 Å². The van der Waals surface area contributed by atoms with Gasteiger partial charge in [-0.05, 0) is 49.9 Å². The zero-order valence-corrected chi connectivity index (χ0v) is 19.2. The summed E-state index contributed by atoms with van der Waals surface area (Å²) in [6.45, 7) is 3.39. The number of rotatable bonds is 7. The first-order valence-corrected chi connectivity index (χ1v) is 11.4. The van der Waals surface area contributed by atoms with Crippen LogP contribution in [0.25, 0.3) is 0 Å². The first kappa shape index (κ1) is 25.4. The largest absolute Gasteiger partial charge is 0.478 e. The van der Waals surface area contributed by atoms with E-state index in [-0.39, 0.29) is 23.7 Å². The van der Waals surface area contributed by atoms with Crippen LogP contribution in [0.15, 0.2) is 30.4 Å². The van der Waals surface area contributed by atoms with Crippen LogP contribution in [0.4, 0.5) is 9.52 Å². The number of aliphatic carboxylic acids is 2. The number of halogens is 1. The maximum absolute atomic E-state index is 14.3. The Bertz CT molecular complexity index is 1050. The highest BCUT2D eigenvalue weighted by Gasteiger charge is 2.41. The second kappa shape index (κ2) is 11.8. The van der Waals surface area contributed by atoms with E-state index in [9.17, 15) is 18.8 Å². The van der Waals surface area contributed by atoms with Crippen LogP contribution < -0.4 is 10.6 Å². The number of aryl methyl sites for hydroxylation is 1. The topological polar surface area (TPSA) is 151 Å². The molecule has 2 aliphatic rings. The van der Waals surface area contributed by atoms with E-state index in [2.05, 4.69) is 20.8 Å². The lowest BCUT2D eigenvalue weighted by molar-refractivity contribution is -0.134. The number of carbonyl (C=O) groups is 3. The number of aromatic nitrogens is 2. The minimum Gasteiger partial charge on any atom is -0.478 e. The van der Waals surface area contributed by atoms with Crippen molar-refractivity contribution in [2.75, 3.05) is 18.5 Å². The predicted octanol–water partition coefficient (Wildman–Crippen LogP) is 2.57. The molecule has 1 aromatic heterocycles. The summed E-state index contributed by atoms with van der Waals surface area (Å²) < 4.78 is 19.7. The molecule has 0 spiro atoms. The van der Waals surface area contributed by atoms with Gasteiger partial charge >= 0.3 is 11.9 Å². The van der Waals surface area contributed by atoms with Crippen LogP contribution in [-0.4, -0.2) is 63.6 Å². The van der Waals surface area contributed by atoms with Crippen LogP contribution in [0.3, 0.4) is 0 Å². The van der Waals surface area contributed by atoms with E-state index in [0.717, 1.165) is 37.5 Å². The molecule has 34 heavy (non-hydrogen) atoms. The Balaban J connectivity index is 0.000000350. The molecule has 1 amide bonds. The molecule has 10 nitrogen and oxygen atoms in total. The van der Waals surface area contributed by atoms with Gasteiger partial charge in [-0.15, -0.1) is 10.2 Å². The molecule has 1 aromatic carbocycles. The summed E-state index contributed by atoms with van der Waals surface area (Å²) in [4.78, 5) is 31.5. The molecule has 2 heterocycles. The lowest BCUT2D eigenvalue weighted by Gasteiger charge is -2.23. The van der Waals surface area contributed by atoms with Gasteiger partial charge < -0.3 is 20.3 Å². The van der Waals surface area contributed by atoms with E-state index < -0.39 is 11.9 Å².